The molecule has 0 unspecified atom stereocenters. The van der Waals surface area contributed by atoms with E-state index in [9.17, 15) is 4.79 Å². The van der Waals surface area contributed by atoms with E-state index in [2.05, 4.69) is 15.6 Å². The molecule has 1 aromatic heterocycles. The predicted molar refractivity (Wildman–Crippen MR) is 78.5 cm³/mol. The van der Waals surface area contributed by atoms with Crippen LogP contribution in [0.25, 0.3) is 0 Å². The number of pyridine rings is 1. The lowest BCUT2D eigenvalue weighted by Gasteiger charge is -2.08. The van der Waals surface area contributed by atoms with Crippen LogP contribution in [0.4, 0.5) is 11.4 Å². The lowest BCUT2D eigenvalue weighted by molar-refractivity contribution is -0.119. The van der Waals surface area contributed by atoms with Gasteiger partial charge in [-0.2, -0.15) is 0 Å². The summed E-state index contributed by atoms with van der Waals surface area (Å²) < 4.78 is 4.76. The zero-order valence-electron chi connectivity index (χ0n) is 11.3. The minimum atomic E-state index is -0.163. The number of carbonyl (C=O) groups is 1. The predicted octanol–water partition coefficient (Wildman–Crippen LogP) is 2.28. The van der Waals surface area contributed by atoms with Gasteiger partial charge in [0.05, 0.1) is 0 Å². The molecule has 5 nitrogen and oxygen atoms in total. The molecule has 0 atom stereocenters. The highest BCUT2D eigenvalue weighted by Gasteiger charge is 2.01. The molecule has 0 bridgehead atoms. The molecule has 1 aromatic carbocycles. The van der Waals surface area contributed by atoms with Crippen molar-refractivity contribution in [2.24, 2.45) is 0 Å². The zero-order valence-corrected chi connectivity index (χ0v) is 11.3. The number of hydrogen-bond donors (Lipinski definition) is 2. The topological polar surface area (TPSA) is 63.2 Å². The van der Waals surface area contributed by atoms with Gasteiger partial charge in [0.25, 0.3) is 0 Å². The molecule has 2 N–H and O–H groups in total. The summed E-state index contributed by atoms with van der Waals surface area (Å²) in [6.45, 7) is 0.768. The monoisotopic (exact) mass is 271 g/mol. The van der Waals surface area contributed by atoms with Crippen molar-refractivity contribution in [3.05, 3.63) is 54.4 Å². The number of amides is 1. The number of hydrogen-bond acceptors (Lipinski definition) is 4. The van der Waals surface area contributed by atoms with Crippen molar-refractivity contribution in [2.75, 3.05) is 24.4 Å². The molecular weight excluding hydrogens is 254 g/mol. The molecule has 0 spiro atoms. The largest absolute Gasteiger partial charge is 0.381 e. The number of nitrogens with zero attached hydrogens (tertiary/aromatic N) is 1. The lowest BCUT2D eigenvalue weighted by Crippen LogP contribution is -2.16. The summed E-state index contributed by atoms with van der Waals surface area (Å²) in [5.41, 5.74) is 2.85. The molecule has 0 radical (unpaired) electrons. The number of rotatable bonds is 6. The third kappa shape index (κ3) is 4.37. The molecule has 2 aromatic rings. The second-order valence-corrected chi connectivity index (χ2v) is 4.27. The summed E-state index contributed by atoms with van der Waals surface area (Å²) in [5, 5.41) is 6.03. The second-order valence-electron chi connectivity index (χ2n) is 4.27. The Balaban J connectivity index is 1.87. The molecular formula is C15H17N3O2. The molecule has 1 amide bonds. The van der Waals surface area contributed by atoms with E-state index in [-0.39, 0.29) is 12.5 Å². The molecule has 0 aliphatic carbocycles. The summed E-state index contributed by atoms with van der Waals surface area (Å²) in [7, 11) is 1.49. The standard InChI is InChI=1S/C15H17N3O2/c1-20-11-15(19)18-14-6-4-13(5-7-14)17-10-12-3-2-8-16-9-12/h2-9,17H,10-11H2,1H3,(H,18,19). The summed E-state index contributed by atoms with van der Waals surface area (Å²) in [5.74, 6) is -0.163. The van der Waals surface area contributed by atoms with E-state index in [4.69, 9.17) is 4.74 Å². The molecule has 1 heterocycles. The van der Waals surface area contributed by atoms with E-state index in [0.29, 0.717) is 6.54 Å². The lowest BCUT2D eigenvalue weighted by atomic mass is 10.2. The van der Waals surface area contributed by atoms with Crippen LogP contribution >= 0.6 is 0 Å². The van der Waals surface area contributed by atoms with E-state index >= 15 is 0 Å². The van der Waals surface area contributed by atoms with Crippen molar-refractivity contribution in [1.82, 2.24) is 4.98 Å². The van der Waals surface area contributed by atoms with Crippen molar-refractivity contribution < 1.29 is 9.53 Å². The Bertz CT molecular complexity index is 541. The highest BCUT2D eigenvalue weighted by Crippen LogP contribution is 2.14. The molecule has 0 aliphatic heterocycles. The fraction of sp³-hybridized carbons (Fsp3) is 0.200. The van der Waals surface area contributed by atoms with Crippen LogP contribution < -0.4 is 10.6 Å². The van der Waals surface area contributed by atoms with Crippen LogP contribution in [0, 0.1) is 0 Å². The van der Waals surface area contributed by atoms with Gasteiger partial charge in [-0.05, 0) is 35.9 Å². The number of methoxy groups -OCH3 is 1. The van der Waals surface area contributed by atoms with Crippen LogP contribution in [0.2, 0.25) is 0 Å². The smallest absolute Gasteiger partial charge is 0.250 e. The van der Waals surface area contributed by atoms with E-state index in [0.717, 1.165) is 16.9 Å². The number of nitrogens with one attached hydrogen (secondary N) is 2. The Kier molecular flexibility index (Phi) is 5.08. The molecule has 0 fully saturated rings. The van der Waals surface area contributed by atoms with E-state index < -0.39 is 0 Å². The first kappa shape index (κ1) is 14.0. The van der Waals surface area contributed by atoms with Gasteiger partial charge in [-0.15, -0.1) is 0 Å². The highest BCUT2D eigenvalue weighted by molar-refractivity contribution is 5.91. The van der Waals surface area contributed by atoms with Gasteiger partial charge in [-0.1, -0.05) is 6.07 Å². The van der Waals surface area contributed by atoms with Crippen LogP contribution in [-0.2, 0) is 16.1 Å². The average molecular weight is 271 g/mol. The number of carbonyl (C=O) groups excluding carboxylic acids is 1. The molecule has 0 aliphatic rings. The van der Waals surface area contributed by atoms with Crippen molar-refractivity contribution in [1.29, 1.82) is 0 Å². The summed E-state index contributed by atoms with van der Waals surface area (Å²) in [4.78, 5) is 15.4. The van der Waals surface area contributed by atoms with Gasteiger partial charge in [0, 0.05) is 37.4 Å². The van der Waals surface area contributed by atoms with Crippen molar-refractivity contribution >= 4 is 17.3 Å². The van der Waals surface area contributed by atoms with Gasteiger partial charge in [0.15, 0.2) is 0 Å². The fourth-order valence-corrected chi connectivity index (χ4v) is 1.71. The first-order chi connectivity index (χ1) is 9.78. The van der Waals surface area contributed by atoms with Crippen molar-refractivity contribution in [3.63, 3.8) is 0 Å². The second kappa shape index (κ2) is 7.25. The van der Waals surface area contributed by atoms with Gasteiger partial charge >= 0.3 is 0 Å². The van der Waals surface area contributed by atoms with Crippen LogP contribution in [0.5, 0.6) is 0 Å². The number of ether oxygens (including phenoxy) is 1. The van der Waals surface area contributed by atoms with Crippen LogP contribution in [0.1, 0.15) is 5.56 Å². The Hall–Kier alpha value is -2.40. The highest BCUT2D eigenvalue weighted by atomic mass is 16.5. The molecule has 104 valence electrons. The van der Waals surface area contributed by atoms with Crippen LogP contribution in [0.15, 0.2) is 48.8 Å². The van der Waals surface area contributed by atoms with Crippen molar-refractivity contribution in [2.45, 2.75) is 6.54 Å². The first-order valence-corrected chi connectivity index (χ1v) is 6.29. The molecule has 0 saturated carbocycles. The quantitative estimate of drug-likeness (QED) is 0.846. The fourth-order valence-electron chi connectivity index (χ4n) is 1.71. The number of benzene rings is 1. The molecule has 0 saturated heterocycles. The van der Waals surface area contributed by atoms with Gasteiger partial charge in [0.1, 0.15) is 6.61 Å². The van der Waals surface area contributed by atoms with Crippen molar-refractivity contribution in [3.8, 4) is 0 Å². The average Bonchev–Trinajstić information content (AvgIpc) is 2.48. The summed E-state index contributed by atoms with van der Waals surface area (Å²) >= 11 is 0. The van der Waals surface area contributed by atoms with Crippen LogP contribution in [0.3, 0.4) is 0 Å². The maximum Gasteiger partial charge on any atom is 0.250 e. The van der Waals surface area contributed by atoms with E-state index in [1.54, 1.807) is 6.20 Å². The Labute approximate surface area is 118 Å². The van der Waals surface area contributed by atoms with Gasteiger partial charge < -0.3 is 15.4 Å². The molecule has 5 heteroatoms. The summed E-state index contributed by atoms with van der Waals surface area (Å²) in [6, 6.07) is 11.4. The minimum absolute atomic E-state index is 0.0566. The maximum atomic E-state index is 11.3. The minimum Gasteiger partial charge on any atom is -0.381 e. The normalized spacial score (nSPS) is 10.1. The Morgan fingerprint density at radius 3 is 2.60 bits per heavy atom. The summed E-state index contributed by atoms with van der Waals surface area (Å²) in [6.07, 6.45) is 3.58. The zero-order chi connectivity index (χ0) is 14.2. The SMILES string of the molecule is COCC(=O)Nc1ccc(NCc2cccnc2)cc1. The van der Waals surface area contributed by atoms with Crippen LogP contribution in [-0.4, -0.2) is 24.6 Å². The third-order valence-corrected chi connectivity index (χ3v) is 2.66. The maximum absolute atomic E-state index is 11.3. The van der Waals surface area contributed by atoms with Gasteiger partial charge in [-0.3, -0.25) is 9.78 Å². The molecule has 20 heavy (non-hydrogen) atoms. The molecule has 2 rings (SSSR count). The Morgan fingerprint density at radius 1 is 1.20 bits per heavy atom. The van der Waals surface area contributed by atoms with E-state index in [1.165, 1.54) is 7.11 Å². The van der Waals surface area contributed by atoms with E-state index in [1.807, 2.05) is 42.6 Å². The Morgan fingerprint density at radius 2 is 1.95 bits per heavy atom. The third-order valence-electron chi connectivity index (χ3n) is 2.66. The number of anilines is 2. The van der Waals surface area contributed by atoms with Gasteiger partial charge in [-0.25, -0.2) is 0 Å². The first-order valence-electron chi connectivity index (χ1n) is 6.29. The van der Waals surface area contributed by atoms with Gasteiger partial charge in [0.2, 0.25) is 5.91 Å². The number of aromatic nitrogens is 1.